The van der Waals surface area contributed by atoms with Gasteiger partial charge in [-0.3, -0.25) is 9.59 Å². The second-order valence-corrected chi connectivity index (χ2v) is 8.83. The second-order valence-electron chi connectivity index (χ2n) is 8.83. The number of piperidine rings is 1. The molecule has 0 bridgehead atoms. The number of nitrogens with zero attached hydrogens (tertiary/aromatic N) is 2. The van der Waals surface area contributed by atoms with Gasteiger partial charge in [-0.05, 0) is 52.9 Å². The molecule has 0 aromatic carbocycles. The van der Waals surface area contributed by atoms with E-state index in [-0.39, 0.29) is 29.7 Å². The number of ketones is 1. The van der Waals surface area contributed by atoms with E-state index in [1.807, 2.05) is 34.6 Å². The van der Waals surface area contributed by atoms with Gasteiger partial charge in [-0.1, -0.05) is 13.8 Å². The van der Waals surface area contributed by atoms with Gasteiger partial charge in [-0.15, -0.1) is 0 Å². The lowest BCUT2D eigenvalue weighted by atomic mass is 9.78. The first-order chi connectivity index (χ1) is 11.5. The molecule has 0 aromatic rings. The van der Waals surface area contributed by atoms with Crippen LogP contribution in [0.3, 0.4) is 0 Å². The molecule has 2 amide bonds. The Kier molecular flexibility index (Phi) is 5.50. The summed E-state index contributed by atoms with van der Waals surface area (Å²) >= 11 is 0. The predicted octanol–water partition coefficient (Wildman–Crippen LogP) is 2.85. The molecule has 0 N–H and O–H groups in total. The van der Waals surface area contributed by atoms with Crippen LogP contribution in [0, 0.1) is 11.3 Å². The number of Topliss-reactive ketones (excluding diaryl/α,β-unsaturated/α-hetero) is 1. The summed E-state index contributed by atoms with van der Waals surface area (Å²) in [4.78, 5) is 41.0. The lowest BCUT2D eigenvalue weighted by molar-refractivity contribution is -0.145. The molecule has 2 heterocycles. The SMILES string of the molecule is CC(=O)[C@H](C(C)C)N1CCC2(CCCN(C(=O)OC(C)(C)C)C2)C1=O. The lowest BCUT2D eigenvalue weighted by Gasteiger charge is -2.40. The van der Waals surface area contributed by atoms with Crippen LogP contribution in [0.1, 0.15) is 60.8 Å². The molecule has 2 rings (SSSR count). The fraction of sp³-hybridized carbons (Fsp3) is 0.842. The molecule has 2 aliphatic rings. The zero-order valence-electron chi connectivity index (χ0n) is 16.4. The molecule has 142 valence electrons. The molecule has 6 nitrogen and oxygen atoms in total. The summed E-state index contributed by atoms with van der Waals surface area (Å²) in [6, 6.07) is -0.372. The van der Waals surface area contributed by atoms with Crippen LogP contribution in [0.15, 0.2) is 0 Å². The van der Waals surface area contributed by atoms with Gasteiger partial charge in [0, 0.05) is 19.6 Å². The Balaban J connectivity index is 2.15. The van der Waals surface area contributed by atoms with E-state index in [0.717, 1.165) is 12.8 Å². The zero-order valence-corrected chi connectivity index (χ0v) is 16.4. The number of carbonyl (C=O) groups is 3. The van der Waals surface area contributed by atoms with Gasteiger partial charge in [-0.2, -0.15) is 0 Å². The summed E-state index contributed by atoms with van der Waals surface area (Å²) in [5.74, 6) is 0.136. The minimum Gasteiger partial charge on any atom is -0.444 e. The first kappa shape index (κ1) is 19.7. The number of hydrogen-bond donors (Lipinski definition) is 0. The summed E-state index contributed by atoms with van der Waals surface area (Å²) in [5.41, 5.74) is -1.11. The maximum atomic E-state index is 13.2. The summed E-state index contributed by atoms with van der Waals surface area (Å²) in [6.07, 6.45) is 1.89. The molecule has 2 atom stereocenters. The number of amides is 2. The van der Waals surface area contributed by atoms with Crippen molar-refractivity contribution < 1.29 is 19.1 Å². The Morgan fingerprint density at radius 1 is 1.16 bits per heavy atom. The van der Waals surface area contributed by atoms with Crippen LogP contribution >= 0.6 is 0 Å². The molecule has 0 aliphatic carbocycles. The van der Waals surface area contributed by atoms with Crippen molar-refractivity contribution in [2.75, 3.05) is 19.6 Å². The Labute approximate surface area is 150 Å². The molecule has 2 fully saturated rings. The average molecular weight is 352 g/mol. The van der Waals surface area contributed by atoms with Crippen molar-refractivity contribution in [1.29, 1.82) is 0 Å². The van der Waals surface area contributed by atoms with E-state index < -0.39 is 11.0 Å². The van der Waals surface area contributed by atoms with E-state index in [1.165, 1.54) is 0 Å². The van der Waals surface area contributed by atoms with Crippen molar-refractivity contribution in [3.8, 4) is 0 Å². The Hall–Kier alpha value is -1.59. The molecule has 1 unspecified atom stereocenters. The standard InChI is InChI=1S/C19H32N2O4/c1-13(2)15(14(3)22)21-11-9-19(16(21)23)8-7-10-20(12-19)17(24)25-18(4,5)6/h13,15H,7-12H2,1-6H3/t15-,19?/m0/s1. The number of carbonyl (C=O) groups excluding carboxylic acids is 3. The van der Waals surface area contributed by atoms with Crippen molar-refractivity contribution in [2.45, 2.75) is 72.4 Å². The third-order valence-electron chi connectivity index (χ3n) is 5.16. The first-order valence-electron chi connectivity index (χ1n) is 9.26. The topological polar surface area (TPSA) is 66.9 Å². The number of rotatable bonds is 3. The van der Waals surface area contributed by atoms with Crippen LogP contribution in [0.25, 0.3) is 0 Å². The van der Waals surface area contributed by atoms with E-state index in [9.17, 15) is 14.4 Å². The van der Waals surface area contributed by atoms with Gasteiger partial charge in [0.15, 0.2) is 5.78 Å². The monoisotopic (exact) mass is 352 g/mol. The highest BCUT2D eigenvalue weighted by Gasteiger charge is 2.52. The molecular weight excluding hydrogens is 320 g/mol. The maximum absolute atomic E-state index is 13.2. The van der Waals surface area contributed by atoms with Crippen molar-refractivity contribution in [1.82, 2.24) is 9.80 Å². The highest BCUT2D eigenvalue weighted by molar-refractivity contribution is 5.92. The van der Waals surface area contributed by atoms with E-state index >= 15 is 0 Å². The summed E-state index contributed by atoms with van der Waals surface area (Å²) in [6.45, 7) is 12.6. The highest BCUT2D eigenvalue weighted by atomic mass is 16.6. The van der Waals surface area contributed by atoms with Gasteiger partial charge >= 0.3 is 6.09 Å². The Morgan fingerprint density at radius 2 is 1.80 bits per heavy atom. The Bertz CT molecular complexity index is 552. The van der Waals surface area contributed by atoms with E-state index in [1.54, 1.807) is 16.7 Å². The normalized spacial score (nSPS) is 25.6. The minimum atomic E-state index is -0.558. The van der Waals surface area contributed by atoms with E-state index in [4.69, 9.17) is 4.74 Å². The van der Waals surface area contributed by atoms with Gasteiger partial charge in [0.05, 0.1) is 11.5 Å². The van der Waals surface area contributed by atoms with Crippen molar-refractivity contribution in [2.24, 2.45) is 11.3 Å². The minimum absolute atomic E-state index is 0.0228. The lowest BCUT2D eigenvalue weighted by Crippen LogP contribution is -2.53. The molecule has 0 radical (unpaired) electrons. The summed E-state index contributed by atoms with van der Waals surface area (Å²) in [7, 11) is 0. The highest BCUT2D eigenvalue weighted by Crippen LogP contribution is 2.42. The van der Waals surface area contributed by atoms with Gasteiger partial charge in [0.25, 0.3) is 0 Å². The smallest absolute Gasteiger partial charge is 0.410 e. The van der Waals surface area contributed by atoms with E-state index in [2.05, 4.69) is 0 Å². The van der Waals surface area contributed by atoms with Crippen LogP contribution in [-0.4, -0.2) is 58.9 Å². The van der Waals surface area contributed by atoms with Crippen LogP contribution in [0.4, 0.5) is 4.79 Å². The third kappa shape index (κ3) is 4.15. The predicted molar refractivity (Wildman–Crippen MR) is 95.1 cm³/mol. The molecule has 25 heavy (non-hydrogen) atoms. The van der Waals surface area contributed by atoms with Crippen molar-refractivity contribution in [3.05, 3.63) is 0 Å². The Morgan fingerprint density at radius 3 is 2.32 bits per heavy atom. The average Bonchev–Trinajstić information content (AvgIpc) is 2.75. The molecule has 1 spiro atoms. The molecule has 6 heteroatoms. The third-order valence-corrected chi connectivity index (χ3v) is 5.16. The van der Waals surface area contributed by atoms with Gasteiger partial charge in [0.1, 0.15) is 5.60 Å². The summed E-state index contributed by atoms with van der Waals surface area (Å²) in [5, 5.41) is 0. The number of hydrogen-bond acceptors (Lipinski definition) is 4. The van der Waals surface area contributed by atoms with Crippen molar-refractivity contribution >= 4 is 17.8 Å². The fourth-order valence-corrected chi connectivity index (χ4v) is 4.15. The first-order valence-corrected chi connectivity index (χ1v) is 9.26. The maximum Gasteiger partial charge on any atom is 0.410 e. The zero-order chi connectivity index (χ0) is 19.0. The van der Waals surface area contributed by atoms with Crippen LogP contribution in [-0.2, 0) is 14.3 Å². The van der Waals surface area contributed by atoms with Crippen LogP contribution in [0.2, 0.25) is 0 Å². The molecule has 0 saturated carbocycles. The largest absolute Gasteiger partial charge is 0.444 e. The van der Waals surface area contributed by atoms with Crippen LogP contribution in [0.5, 0.6) is 0 Å². The number of likely N-dealkylation sites (tertiary alicyclic amines) is 2. The van der Waals surface area contributed by atoms with E-state index in [0.29, 0.717) is 26.1 Å². The van der Waals surface area contributed by atoms with Gasteiger partial charge in [0.2, 0.25) is 5.91 Å². The van der Waals surface area contributed by atoms with Crippen LogP contribution < -0.4 is 0 Å². The fourth-order valence-electron chi connectivity index (χ4n) is 4.15. The number of ether oxygens (including phenoxy) is 1. The van der Waals surface area contributed by atoms with Gasteiger partial charge in [-0.25, -0.2) is 4.79 Å². The quantitative estimate of drug-likeness (QED) is 0.783. The van der Waals surface area contributed by atoms with Gasteiger partial charge < -0.3 is 14.5 Å². The second kappa shape index (κ2) is 6.96. The van der Waals surface area contributed by atoms with Crippen molar-refractivity contribution in [3.63, 3.8) is 0 Å². The molecule has 2 aliphatic heterocycles. The summed E-state index contributed by atoms with van der Waals surface area (Å²) < 4.78 is 5.47. The molecular formula is C19H32N2O4. The molecule has 2 saturated heterocycles. The molecule has 0 aromatic heterocycles.